The average Bonchev–Trinajstić information content (AvgIpc) is 2.75. The minimum absolute atomic E-state index is 0.225. The van der Waals surface area contributed by atoms with Gasteiger partial charge in [0.1, 0.15) is 0 Å². The van der Waals surface area contributed by atoms with Gasteiger partial charge >= 0.3 is 0 Å². The molecule has 0 atom stereocenters. The standard InChI is InChI=1S/C12H10.C6H11NO/c1-2-10-7-5-8-11-6-3-4-9-12(10)11;8-6-4-2-1-3-5-7-6/h2-9H,1H2;1-5H2,(H,7,8). The fourth-order valence-corrected chi connectivity index (χ4v) is 2.33. The van der Waals surface area contributed by atoms with Crippen LogP contribution in [0.4, 0.5) is 0 Å². The minimum atomic E-state index is 0.225. The first-order valence-electron chi connectivity index (χ1n) is 7.18. The van der Waals surface area contributed by atoms with E-state index in [2.05, 4.69) is 54.4 Å². The van der Waals surface area contributed by atoms with Gasteiger partial charge in [-0.1, -0.05) is 61.5 Å². The highest BCUT2D eigenvalue weighted by Gasteiger charge is 2.03. The summed E-state index contributed by atoms with van der Waals surface area (Å²) in [6, 6.07) is 14.6. The lowest BCUT2D eigenvalue weighted by molar-refractivity contribution is -0.120. The second-order valence-corrected chi connectivity index (χ2v) is 4.93. The molecule has 2 aromatic carbocycles. The molecule has 0 radical (unpaired) electrons. The van der Waals surface area contributed by atoms with Crippen molar-refractivity contribution in [1.29, 1.82) is 0 Å². The summed E-state index contributed by atoms with van der Waals surface area (Å²) in [5.74, 6) is 0.225. The van der Waals surface area contributed by atoms with Crippen molar-refractivity contribution in [1.82, 2.24) is 5.32 Å². The van der Waals surface area contributed by atoms with Gasteiger partial charge in [0.15, 0.2) is 0 Å². The number of benzene rings is 2. The van der Waals surface area contributed by atoms with E-state index in [1.165, 1.54) is 22.8 Å². The maximum Gasteiger partial charge on any atom is 0.219 e. The molecule has 2 nitrogen and oxygen atoms in total. The van der Waals surface area contributed by atoms with Gasteiger partial charge in [-0.15, -0.1) is 0 Å². The number of rotatable bonds is 1. The summed E-state index contributed by atoms with van der Waals surface area (Å²) in [6.07, 6.45) is 6.07. The lowest BCUT2D eigenvalue weighted by Gasteiger charge is -1.99. The maximum atomic E-state index is 10.6. The van der Waals surface area contributed by atoms with Gasteiger partial charge in [0.2, 0.25) is 5.91 Å². The maximum absolute atomic E-state index is 10.6. The van der Waals surface area contributed by atoms with E-state index in [-0.39, 0.29) is 5.91 Å². The third-order valence-corrected chi connectivity index (χ3v) is 3.45. The number of fused-ring (bicyclic) bond motifs is 1. The first kappa shape index (κ1) is 14.3. The molecule has 2 heteroatoms. The normalized spacial score (nSPS) is 14.7. The predicted octanol–water partition coefficient (Wildman–Crippen LogP) is 4.16. The molecule has 1 aliphatic rings. The van der Waals surface area contributed by atoms with E-state index in [9.17, 15) is 4.79 Å². The molecule has 0 aromatic heterocycles. The first-order valence-corrected chi connectivity index (χ1v) is 7.18. The zero-order valence-corrected chi connectivity index (χ0v) is 11.8. The van der Waals surface area contributed by atoms with E-state index in [0.29, 0.717) is 0 Å². The second-order valence-electron chi connectivity index (χ2n) is 4.93. The van der Waals surface area contributed by atoms with Crippen LogP contribution in [0.3, 0.4) is 0 Å². The molecule has 1 saturated heterocycles. The molecule has 1 aliphatic heterocycles. The van der Waals surface area contributed by atoms with Crippen molar-refractivity contribution in [2.24, 2.45) is 0 Å². The van der Waals surface area contributed by atoms with Crippen LogP contribution in [0.1, 0.15) is 31.2 Å². The largest absolute Gasteiger partial charge is 0.356 e. The molecule has 20 heavy (non-hydrogen) atoms. The quantitative estimate of drug-likeness (QED) is 0.826. The predicted molar refractivity (Wildman–Crippen MR) is 85.5 cm³/mol. The summed E-state index contributed by atoms with van der Waals surface area (Å²) < 4.78 is 0. The Hall–Kier alpha value is -2.09. The van der Waals surface area contributed by atoms with E-state index in [0.717, 1.165) is 25.8 Å². The van der Waals surface area contributed by atoms with E-state index in [1.807, 2.05) is 6.08 Å². The Morgan fingerprint density at radius 3 is 2.65 bits per heavy atom. The molecule has 2 aromatic rings. The number of hydrogen-bond donors (Lipinski definition) is 1. The molecule has 1 heterocycles. The Morgan fingerprint density at radius 2 is 1.80 bits per heavy atom. The van der Waals surface area contributed by atoms with E-state index < -0.39 is 0 Å². The number of carbonyl (C=O) groups is 1. The van der Waals surface area contributed by atoms with Crippen LogP contribution in [0, 0.1) is 0 Å². The zero-order chi connectivity index (χ0) is 14.2. The lowest BCUT2D eigenvalue weighted by Crippen LogP contribution is -2.21. The molecule has 104 valence electrons. The molecule has 0 bridgehead atoms. The molecular weight excluding hydrogens is 246 g/mol. The topological polar surface area (TPSA) is 29.1 Å². The number of hydrogen-bond acceptors (Lipinski definition) is 1. The second kappa shape index (κ2) is 7.49. The summed E-state index contributed by atoms with van der Waals surface area (Å²) in [6.45, 7) is 4.67. The summed E-state index contributed by atoms with van der Waals surface area (Å²) in [7, 11) is 0. The monoisotopic (exact) mass is 267 g/mol. The fraction of sp³-hybridized carbons (Fsp3) is 0.278. The summed E-state index contributed by atoms with van der Waals surface area (Å²) in [5.41, 5.74) is 1.20. The molecule has 0 saturated carbocycles. The Kier molecular flexibility index (Phi) is 5.36. The fourth-order valence-electron chi connectivity index (χ4n) is 2.33. The first-order chi connectivity index (χ1) is 9.81. The number of nitrogens with one attached hydrogen (secondary N) is 1. The number of carbonyl (C=O) groups excluding carboxylic acids is 1. The average molecular weight is 267 g/mol. The van der Waals surface area contributed by atoms with Crippen LogP contribution in [0.5, 0.6) is 0 Å². The van der Waals surface area contributed by atoms with E-state index in [1.54, 1.807) is 0 Å². The summed E-state index contributed by atoms with van der Waals surface area (Å²) in [4.78, 5) is 10.6. The third kappa shape index (κ3) is 3.95. The van der Waals surface area contributed by atoms with Crippen molar-refractivity contribution < 1.29 is 4.79 Å². The van der Waals surface area contributed by atoms with Gasteiger partial charge < -0.3 is 5.32 Å². The smallest absolute Gasteiger partial charge is 0.219 e. The highest BCUT2D eigenvalue weighted by Crippen LogP contribution is 2.18. The van der Waals surface area contributed by atoms with Gasteiger partial charge in [0.25, 0.3) is 0 Å². The van der Waals surface area contributed by atoms with Crippen LogP contribution in [-0.4, -0.2) is 12.5 Å². The zero-order valence-electron chi connectivity index (χ0n) is 11.8. The minimum Gasteiger partial charge on any atom is -0.356 e. The molecule has 1 amide bonds. The highest BCUT2D eigenvalue weighted by atomic mass is 16.1. The molecule has 0 unspecified atom stereocenters. The van der Waals surface area contributed by atoms with Gasteiger partial charge in [-0.25, -0.2) is 0 Å². The van der Waals surface area contributed by atoms with Crippen molar-refractivity contribution in [3.63, 3.8) is 0 Å². The van der Waals surface area contributed by atoms with Crippen molar-refractivity contribution >= 4 is 22.8 Å². The van der Waals surface area contributed by atoms with Gasteiger partial charge in [0.05, 0.1) is 0 Å². The highest BCUT2D eigenvalue weighted by molar-refractivity contribution is 5.90. The van der Waals surface area contributed by atoms with E-state index >= 15 is 0 Å². The Labute approximate surface area is 120 Å². The third-order valence-electron chi connectivity index (χ3n) is 3.45. The van der Waals surface area contributed by atoms with Gasteiger partial charge in [0, 0.05) is 13.0 Å². The Bertz CT molecular complexity index is 573. The van der Waals surface area contributed by atoms with Crippen LogP contribution < -0.4 is 5.32 Å². The van der Waals surface area contributed by atoms with Crippen molar-refractivity contribution in [3.8, 4) is 0 Å². The Morgan fingerprint density at radius 1 is 1.00 bits per heavy atom. The molecule has 0 aliphatic carbocycles. The van der Waals surface area contributed by atoms with Crippen LogP contribution in [0.25, 0.3) is 16.8 Å². The van der Waals surface area contributed by atoms with Gasteiger partial charge in [-0.2, -0.15) is 0 Å². The summed E-state index contributed by atoms with van der Waals surface area (Å²) in [5, 5.41) is 5.35. The van der Waals surface area contributed by atoms with Gasteiger partial charge in [-0.3, -0.25) is 4.79 Å². The Balaban J connectivity index is 0.000000160. The van der Waals surface area contributed by atoms with Crippen molar-refractivity contribution in [2.45, 2.75) is 25.7 Å². The van der Waals surface area contributed by atoms with E-state index in [4.69, 9.17) is 0 Å². The molecule has 0 spiro atoms. The van der Waals surface area contributed by atoms with Crippen LogP contribution in [0.15, 0.2) is 49.0 Å². The van der Waals surface area contributed by atoms with Crippen LogP contribution in [-0.2, 0) is 4.79 Å². The SMILES string of the molecule is C=Cc1cccc2ccccc12.O=C1CCCCCN1. The molecule has 1 fully saturated rings. The number of amides is 1. The summed E-state index contributed by atoms with van der Waals surface area (Å²) >= 11 is 0. The van der Waals surface area contributed by atoms with Gasteiger partial charge in [-0.05, 0) is 29.2 Å². The lowest BCUT2D eigenvalue weighted by atomic mass is 10.1. The molecule has 3 rings (SSSR count). The molecule has 1 N–H and O–H groups in total. The van der Waals surface area contributed by atoms with Crippen molar-refractivity contribution in [2.75, 3.05) is 6.54 Å². The molecular formula is C18H21NO. The van der Waals surface area contributed by atoms with Crippen LogP contribution >= 0.6 is 0 Å². The van der Waals surface area contributed by atoms with Crippen molar-refractivity contribution in [3.05, 3.63) is 54.6 Å². The van der Waals surface area contributed by atoms with Crippen LogP contribution in [0.2, 0.25) is 0 Å².